The number of carboxylic acid groups (broad SMARTS) is 1. The van der Waals surface area contributed by atoms with Gasteiger partial charge in [-0.05, 0) is 23.6 Å². The monoisotopic (exact) mass is 396 g/mol. The molecular formula is C17H21BrN2O4. The van der Waals surface area contributed by atoms with Crippen molar-refractivity contribution in [1.82, 2.24) is 10.2 Å². The Morgan fingerprint density at radius 3 is 2.42 bits per heavy atom. The van der Waals surface area contributed by atoms with Crippen LogP contribution in [0.3, 0.4) is 0 Å². The summed E-state index contributed by atoms with van der Waals surface area (Å²) in [5.74, 6) is -1.83. The van der Waals surface area contributed by atoms with Crippen LogP contribution in [0.2, 0.25) is 0 Å². The lowest BCUT2D eigenvalue weighted by molar-refractivity contribution is -0.142. The fourth-order valence-electron chi connectivity index (χ4n) is 2.99. The Bertz CT molecular complexity index is 632. The van der Waals surface area contributed by atoms with Crippen molar-refractivity contribution >= 4 is 33.7 Å². The molecule has 1 aromatic carbocycles. The number of benzene rings is 1. The van der Waals surface area contributed by atoms with Gasteiger partial charge in [0.2, 0.25) is 11.8 Å². The molecule has 1 aliphatic rings. The number of hydrogen-bond acceptors (Lipinski definition) is 3. The van der Waals surface area contributed by atoms with Gasteiger partial charge in [-0.3, -0.25) is 14.4 Å². The highest BCUT2D eigenvalue weighted by Gasteiger charge is 2.37. The number of carbonyl (C=O) groups is 3. The lowest BCUT2D eigenvalue weighted by atomic mass is 9.99. The minimum Gasteiger partial charge on any atom is -0.481 e. The van der Waals surface area contributed by atoms with Crippen LogP contribution in [0, 0.1) is 11.8 Å². The summed E-state index contributed by atoms with van der Waals surface area (Å²) in [4.78, 5) is 36.8. The van der Waals surface area contributed by atoms with E-state index in [0.29, 0.717) is 6.54 Å². The van der Waals surface area contributed by atoms with Gasteiger partial charge in [0.25, 0.3) is 0 Å². The smallest absolute Gasteiger partial charge is 0.308 e. The molecule has 6 nitrogen and oxygen atoms in total. The third-order valence-electron chi connectivity index (χ3n) is 4.31. The van der Waals surface area contributed by atoms with E-state index in [2.05, 4.69) is 21.2 Å². The quantitative estimate of drug-likeness (QED) is 0.798. The molecule has 0 aromatic heterocycles. The summed E-state index contributed by atoms with van der Waals surface area (Å²) in [6, 6.07) is 6.98. The second-order valence-electron chi connectivity index (χ2n) is 6.23. The van der Waals surface area contributed by atoms with Crippen LogP contribution >= 0.6 is 15.9 Å². The molecule has 3 atom stereocenters. The first-order valence-corrected chi connectivity index (χ1v) is 8.60. The summed E-state index contributed by atoms with van der Waals surface area (Å²) in [6.45, 7) is 3.91. The standard InChI is InChI=1S/C17H21BrN2O4/c1-10-8-20(9-14(10)17(23)24)16(22)7-15(19-11(2)21)12-3-5-13(18)6-4-12/h3-6,10,14-15H,7-9H2,1-2H3,(H,19,21)(H,23,24)/t10-,14-,15?/m1/s1. The molecule has 2 amide bonds. The predicted molar refractivity (Wildman–Crippen MR) is 92.2 cm³/mol. The first-order valence-electron chi connectivity index (χ1n) is 7.81. The van der Waals surface area contributed by atoms with Crippen molar-refractivity contribution in [3.8, 4) is 0 Å². The molecule has 0 spiro atoms. The molecule has 1 heterocycles. The van der Waals surface area contributed by atoms with Gasteiger partial charge in [0.1, 0.15) is 0 Å². The van der Waals surface area contributed by atoms with E-state index in [9.17, 15) is 19.5 Å². The predicted octanol–water partition coefficient (Wildman–Crippen LogP) is 2.20. The summed E-state index contributed by atoms with van der Waals surface area (Å²) in [5, 5.41) is 12.0. The average Bonchev–Trinajstić information content (AvgIpc) is 2.89. The van der Waals surface area contributed by atoms with Gasteiger partial charge in [0.15, 0.2) is 0 Å². The number of nitrogens with zero attached hydrogens (tertiary/aromatic N) is 1. The third-order valence-corrected chi connectivity index (χ3v) is 4.84. The molecule has 130 valence electrons. The highest BCUT2D eigenvalue weighted by atomic mass is 79.9. The van der Waals surface area contributed by atoms with E-state index in [1.54, 1.807) is 4.90 Å². The van der Waals surface area contributed by atoms with E-state index in [1.165, 1.54) is 6.92 Å². The zero-order valence-corrected chi connectivity index (χ0v) is 15.2. The molecule has 24 heavy (non-hydrogen) atoms. The first-order chi connectivity index (χ1) is 11.3. The van der Waals surface area contributed by atoms with Crippen LogP contribution in [0.4, 0.5) is 0 Å². The SMILES string of the molecule is CC(=O)NC(CC(=O)N1C[C@@H](C)[C@H](C(=O)O)C1)c1ccc(Br)cc1. The number of amides is 2. The van der Waals surface area contributed by atoms with Crippen molar-refractivity contribution in [2.75, 3.05) is 13.1 Å². The Balaban J connectivity index is 2.09. The molecule has 0 saturated carbocycles. The normalized spacial score (nSPS) is 21.4. The van der Waals surface area contributed by atoms with Crippen molar-refractivity contribution in [3.63, 3.8) is 0 Å². The molecular weight excluding hydrogens is 376 g/mol. The molecule has 1 saturated heterocycles. The molecule has 2 N–H and O–H groups in total. The fourth-order valence-corrected chi connectivity index (χ4v) is 3.25. The van der Waals surface area contributed by atoms with E-state index >= 15 is 0 Å². The molecule has 7 heteroatoms. The van der Waals surface area contributed by atoms with Crippen LogP contribution in [-0.2, 0) is 14.4 Å². The second kappa shape index (κ2) is 7.79. The number of halogens is 1. The maximum Gasteiger partial charge on any atom is 0.308 e. The second-order valence-corrected chi connectivity index (χ2v) is 7.15. The number of carbonyl (C=O) groups excluding carboxylic acids is 2. The minimum atomic E-state index is -0.871. The number of carboxylic acids is 1. The maximum absolute atomic E-state index is 12.6. The highest BCUT2D eigenvalue weighted by molar-refractivity contribution is 9.10. The van der Waals surface area contributed by atoms with Gasteiger partial charge in [-0.1, -0.05) is 35.0 Å². The maximum atomic E-state index is 12.6. The molecule has 2 rings (SSSR count). The lowest BCUT2D eigenvalue weighted by Crippen LogP contribution is -2.35. The largest absolute Gasteiger partial charge is 0.481 e. The number of hydrogen-bond donors (Lipinski definition) is 2. The molecule has 1 aromatic rings. The third kappa shape index (κ3) is 4.56. The highest BCUT2D eigenvalue weighted by Crippen LogP contribution is 2.26. The van der Waals surface area contributed by atoms with Crippen LogP contribution < -0.4 is 5.32 Å². The van der Waals surface area contributed by atoms with Crippen LogP contribution in [-0.4, -0.2) is 40.9 Å². The van der Waals surface area contributed by atoms with Crippen LogP contribution in [0.15, 0.2) is 28.7 Å². The van der Waals surface area contributed by atoms with E-state index in [-0.39, 0.29) is 30.7 Å². The summed E-state index contributed by atoms with van der Waals surface area (Å²) >= 11 is 3.36. The summed E-state index contributed by atoms with van der Waals surface area (Å²) in [6.07, 6.45) is 0.111. The van der Waals surface area contributed by atoms with E-state index < -0.39 is 17.9 Å². The van der Waals surface area contributed by atoms with Gasteiger partial charge in [0.05, 0.1) is 18.4 Å². The van der Waals surface area contributed by atoms with Crippen molar-refractivity contribution in [2.24, 2.45) is 11.8 Å². The molecule has 1 aliphatic heterocycles. The summed E-state index contributed by atoms with van der Waals surface area (Å²) < 4.78 is 0.914. The number of rotatable bonds is 5. The van der Waals surface area contributed by atoms with E-state index in [1.807, 2.05) is 31.2 Å². The fraction of sp³-hybridized carbons (Fsp3) is 0.471. The average molecular weight is 397 g/mol. The number of nitrogens with one attached hydrogen (secondary N) is 1. The molecule has 0 aliphatic carbocycles. The molecule has 0 bridgehead atoms. The zero-order valence-electron chi connectivity index (χ0n) is 13.7. The Morgan fingerprint density at radius 1 is 1.29 bits per heavy atom. The summed E-state index contributed by atoms with van der Waals surface area (Å²) in [7, 11) is 0. The van der Waals surface area contributed by atoms with Crippen molar-refractivity contribution in [3.05, 3.63) is 34.3 Å². The molecule has 1 unspecified atom stereocenters. The van der Waals surface area contributed by atoms with Crippen LogP contribution in [0.5, 0.6) is 0 Å². The van der Waals surface area contributed by atoms with Gasteiger partial charge in [-0.25, -0.2) is 0 Å². The van der Waals surface area contributed by atoms with Crippen molar-refractivity contribution in [2.45, 2.75) is 26.3 Å². The minimum absolute atomic E-state index is 0.0710. The van der Waals surface area contributed by atoms with Crippen LogP contribution in [0.25, 0.3) is 0 Å². The molecule has 1 fully saturated rings. The van der Waals surface area contributed by atoms with Gasteiger partial charge in [-0.2, -0.15) is 0 Å². The number of aliphatic carboxylic acids is 1. The first kappa shape index (κ1) is 18.4. The van der Waals surface area contributed by atoms with Crippen molar-refractivity contribution in [1.29, 1.82) is 0 Å². The Kier molecular flexibility index (Phi) is 5.99. The van der Waals surface area contributed by atoms with Crippen molar-refractivity contribution < 1.29 is 19.5 Å². The van der Waals surface area contributed by atoms with E-state index in [4.69, 9.17) is 0 Å². The van der Waals surface area contributed by atoms with Gasteiger partial charge in [0, 0.05) is 24.5 Å². The van der Waals surface area contributed by atoms with Gasteiger partial charge in [-0.15, -0.1) is 0 Å². The Hall–Kier alpha value is -1.89. The molecule has 0 radical (unpaired) electrons. The van der Waals surface area contributed by atoms with Gasteiger partial charge >= 0.3 is 5.97 Å². The van der Waals surface area contributed by atoms with Gasteiger partial charge < -0.3 is 15.3 Å². The number of likely N-dealkylation sites (tertiary alicyclic amines) is 1. The summed E-state index contributed by atoms with van der Waals surface area (Å²) in [5.41, 5.74) is 0.837. The Labute approximate surface area is 149 Å². The van der Waals surface area contributed by atoms with Crippen LogP contribution in [0.1, 0.15) is 31.9 Å². The Morgan fingerprint density at radius 2 is 1.92 bits per heavy atom. The topological polar surface area (TPSA) is 86.7 Å². The zero-order chi connectivity index (χ0) is 17.9. The lowest BCUT2D eigenvalue weighted by Gasteiger charge is -2.22. The van der Waals surface area contributed by atoms with E-state index in [0.717, 1.165) is 10.0 Å².